The number of nitrogens with one attached hydrogen (secondary N) is 6. The second-order valence-corrected chi connectivity index (χ2v) is 19.5. The maximum Gasteiger partial charge on any atom is 0.410 e. The third-order valence-electron chi connectivity index (χ3n) is 12.3. The molecule has 0 spiro atoms. The molecule has 0 unspecified atom stereocenters. The Balaban J connectivity index is 1.11. The lowest BCUT2D eigenvalue weighted by Crippen LogP contribution is -2.54. The summed E-state index contributed by atoms with van der Waals surface area (Å²) in [5.74, 6) is -2.26. The van der Waals surface area contributed by atoms with E-state index in [4.69, 9.17) is 25.7 Å². The fourth-order valence-electron chi connectivity index (χ4n) is 8.36. The van der Waals surface area contributed by atoms with Crippen molar-refractivity contribution in [2.45, 2.75) is 97.9 Å². The third-order valence-corrected chi connectivity index (χ3v) is 12.9. The number of fused-ring (bicyclic) bond motifs is 2. The number of carbonyl (C=O) groups is 8. The zero-order valence-corrected chi connectivity index (χ0v) is 46.3. The largest absolute Gasteiger partial charge is 0.445 e. The molecule has 23 nitrogen and oxygen atoms in total. The van der Waals surface area contributed by atoms with Gasteiger partial charge in [0.25, 0.3) is 5.91 Å². The fourth-order valence-corrected chi connectivity index (χ4v) is 8.55. The quantitative estimate of drug-likeness (QED) is 0.0354. The number of nitrogens with two attached hydrogens (primary N) is 2. The minimum absolute atomic E-state index is 0.0274. The van der Waals surface area contributed by atoms with Gasteiger partial charge in [0.05, 0.1) is 55.9 Å². The minimum Gasteiger partial charge on any atom is -0.445 e. The second-order valence-electron chi connectivity index (χ2n) is 19.0. The Kier molecular flexibility index (Phi) is 25.0. The molecule has 0 radical (unpaired) electrons. The van der Waals surface area contributed by atoms with Gasteiger partial charge in [0, 0.05) is 80.1 Å². The van der Waals surface area contributed by atoms with Crippen molar-refractivity contribution >= 4 is 92.5 Å². The number of primary amides is 1. The van der Waals surface area contributed by atoms with Gasteiger partial charge in [0.1, 0.15) is 24.5 Å². The third kappa shape index (κ3) is 19.8. The van der Waals surface area contributed by atoms with Gasteiger partial charge in [-0.25, -0.2) is 14.6 Å². The first kappa shape index (κ1) is 61.4. The highest BCUT2D eigenvalue weighted by atomic mass is 79.9. The van der Waals surface area contributed by atoms with Gasteiger partial charge in [-0.2, -0.15) is 0 Å². The number of halogens is 1. The van der Waals surface area contributed by atoms with Crippen LogP contribution in [-0.4, -0.2) is 145 Å². The van der Waals surface area contributed by atoms with E-state index in [-0.39, 0.29) is 87.7 Å². The molecule has 5 rings (SSSR count). The Labute approximate surface area is 462 Å². The van der Waals surface area contributed by atoms with Gasteiger partial charge in [-0.1, -0.05) is 61.8 Å². The first-order valence-corrected chi connectivity index (χ1v) is 27.3. The second kappa shape index (κ2) is 31.7. The molecular formula is C54H73BrN12O11. The lowest BCUT2D eigenvalue weighted by Gasteiger charge is -2.28. The Hall–Kier alpha value is -7.44. The van der Waals surface area contributed by atoms with Crippen LogP contribution in [0.15, 0.2) is 65.3 Å². The lowest BCUT2D eigenvalue weighted by atomic mass is 10.0. The maximum atomic E-state index is 13.7. The standard InChI is InChI=1S/C54H73BrN12O11/c1-5-19-66(20-6-2)52(73)38-26-36-11-12-37(28-44(36)63-45(56)29-38)49(70)62-41-27-39-32-67(21-15-42(39)60-31-41)54(75)78-33-35-9-13-40(14-10-35)61-50(71)43(8-7-17-59-53(57)74)64-51(72)48(34(3)4)65-46(68)16-22-76-24-25-77-23-18-58-47(69)30-55/h9-14,26-28,31,34,43,48H,5-8,15-25,29-30,32-33H2,1-4H3,(H2,56,63)(H,58,69)(H,61,71)(H,62,70)(H,64,72)(H,65,68)(H3,57,59,74)/t43-,48-/m0/s1. The number of rotatable bonds is 29. The van der Waals surface area contributed by atoms with Crippen molar-refractivity contribution in [2.75, 3.05) is 75.1 Å². The van der Waals surface area contributed by atoms with E-state index < -0.39 is 47.8 Å². The molecule has 0 aliphatic carbocycles. The van der Waals surface area contributed by atoms with E-state index in [1.54, 1.807) is 79.6 Å². The minimum atomic E-state index is -1.06. The van der Waals surface area contributed by atoms with Crippen molar-refractivity contribution in [2.24, 2.45) is 22.4 Å². The van der Waals surface area contributed by atoms with Crippen LogP contribution in [-0.2, 0) is 57.8 Å². The summed E-state index contributed by atoms with van der Waals surface area (Å²) in [6, 6.07) is 10.7. The average Bonchev–Trinajstić information content (AvgIpc) is 3.61. The van der Waals surface area contributed by atoms with Crippen LogP contribution in [0.4, 0.5) is 26.7 Å². The van der Waals surface area contributed by atoms with Gasteiger partial charge in [-0.15, -0.1) is 0 Å². The summed E-state index contributed by atoms with van der Waals surface area (Å²) in [5.41, 5.74) is 16.5. The van der Waals surface area contributed by atoms with E-state index in [0.29, 0.717) is 85.0 Å². The van der Waals surface area contributed by atoms with Gasteiger partial charge in [-0.05, 0) is 79.1 Å². The Morgan fingerprint density at radius 3 is 2.26 bits per heavy atom. The van der Waals surface area contributed by atoms with E-state index in [1.165, 1.54) is 0 Å². The Bertz CT molecular complexity index is 2640. The van der Waals surface area contributed by atoms with Crippen LogP contribution in [0.3, 0.4) is 0 Å². The summed E-state index contributed by atoms with van der Waals surface area (Å²) in [4.78, 5) is 115. The monoisotopic (exact) mass is 1140 g/mol. The van der Waals surface area contributed by atoms with E-state index in [0.717, 1.165) is 24.1 Å². The number of aliphatic imine (C=N–C) groups is 1. The molecule has 2 atom stereocenters. The molecule has 2 aliphatic rings. The highest BCUT2D eigenvalue weighted by Gasteiger charge is 2.30. The van der Waals surface area contributed by atoms with E-state index in [2.05, 4.69) is 57.8 Å². The number of aromatic nitrogens is 1. The summed E-state index contributed by atoms with van der Waals surface area (Å²) in [6.45, 7) is 10.7. The number of ether oxygens (including phenoxy) is 3. The zero-order chi connectivity index (χ0) is 56.6. The number of pyridine rings is 1. The van der Waals surface area contributed by atoms with Crippen molar-refractivity contribution in [3.8, 4) is 0 Å². The van der Waals surface area contributed by atoms with Crippen molar-refractivity contribution < 1.29 is 52.6 Å². The Morgan fingerprint density at radius 1 is 0.833 bits per heavy atom. The van der Waals surface area contributed by atoms with Gasteiger partial charge >= 0.3 is 12.1 Å². The van der Waals surface area contributed by atoms with Crippen LogP contribution in [0.25, 0.3) is 6.08 Å². The van der Waals surface area contributed by atoms with Gasteiger partial charge in [0.15, 0.2) is 0 Å². The smallest absolute Gasteiger partial charge is 0.410 e. The summed E-state index contributed by atoms with van der Waals surface area (Å²) in [7, 11) is 0. The lowest BCUT2D eigenvalue weighted by molar-refractivity contribution is -0.132. The molecule has 422 valence electrons. The number of amidine groups is 1. The summed E-state index contributed by atoms with van der Waals surface area (Å²) in [6.07, 6.45) is 5.53. The topological polar surface area (TPSA) is 320 Å². The SMILES string of the molecule is CCCN(CCC)C(=O)C1=Cc2ccc(C(=O)Nc3cnc4c(c3)CN(C(=O)OCc3ccc(NC(=O)[C@H](CCCNC(N)=O)NC(=O)[C@@H](NC(=O)CCOCCOCCNC(=O)CBr)C(C)C)cc3)CC4)cc2N=C(N)C1. The first-order chi connectivity index (χ1) is 37.5. The van der Waals surface area contributed by atoms with Crippen LogP contribution in [0.2, 0.25) is 0 Å². The number of nitrogens with zero attached hydrogens (tertiary/aromatic N) is 4. The highest BCUT2D eigenvalue weighted by Crippen LogP contribution is 2.29. The molecule has 3 aromatic rings. The van der Waals surface area contributed by atoms with Gasteiger partial charge < -0.3 is 67.4 Å². The Morgan fingerprint density at radius 2 is 1.56 bits per heavy atom. The number of anilines is 2. The number of hydrogen-bond donors (Lipinski definition) is 8. The van der Waals surface area contributed by atoms with Crippen LogP contribution in [0.5, 0.6) is 0 Å². The maximum absolute atomic E-state index is 13.7. The van der Waals surface area contributed by atoms with Crippen molar-refractivity contribution in [3.05, 3.63) is 88.2 Å². The number of benzene rings is 2. The molecule has 3 heterocycles. The predicted molar refractivity (Wildman–Crippen MR) is 298 cm³/mol. The number of urea groups is 1. The van der Waals surface area contributed by atoms with Crippen molar-refractivity contribution in [3.63, 3.8) is 0 Å². The molecule has 2 aromatic carbocycles. The van der Waals surface area contributed by atoms with Crippen molar-refractivity contribution in [1.29, 1.82) is 0 Å². The number of amides is 9. The summed E-state index contributed by atoms with van der Waals surface area (Å²) >= 11 is 3.06. The van der Waals surface area contributed by atoms with Crippen LogP contribution < -0.4 is 43.4 Å². The molecule has 0 fully saturated rings. The van der Waals surface area contributed by atoms with Crippen LogP contribution in [0.1, 0.15) is 99.0 Å². The highest BCUT2D eigenvalue weighted by molar-refractivity contribution is 9.09. The average molecular weight is 1150 g/mol. The van der Waals surface area contributed by atoms with Crippen LogP contribution in [0, 0.1) is 5.92 Å². The number of hydrogen-bond acceptors (Lipinski definition) is 14. The molecule has 10 N–H and O–H groups in total. The number of carbonyl (C=O) groups excluding carboxylic acids is 8. The first-order valence-electron chi connectivity index (χ1n) is 26.2. The zero-order valence-electron chi connectivity index (χ0n) is 44.8. The molecule has 9 amide bonds. The molecule has 2 aliphatic heterocycles. The normalized spacial score (nSPS) is 13.5. The van der Waals surface area contributed by atoms with E-state index in [1.807, 2.05) is 18.7 Å². The predicted octanol–water partition coefficient (Wildman–Crippen LogP) is 4.40. The van der Waals surface area contributed by atoms with Gasteiger partial charge in [-0.3, -0.25) is 33.8 Å². The van der Waals surface area contributed by atoms with E-state index in [9.17, 15) is 38.4 Å². The molecule has 1 aromatic heterocycles. The molecule has 0 saturated carbocycles. The summed E-state index contributed by atoms with van der Waals surface area (Å²) in [5, 5.41) is 16.5. The van der Waals surface area contributed by atoms with Crippen molar-refractivity contribution in [1.82, 2.24) is 36.1 Å². The molecular weight excluding hydrogens is 1070 g/mol. The molecule has 78 heavy (non-hydrogen) atoms. The summed E-state index contributed by atoms with van der Waals surface area (Å²) < 4.78 is 16.5. The molecule has 24 heteroatoms. The van der Waals surface area contributed by atoms with Gasteiger partial charge in [0.2, 0.25) is 29.5 Å². The molecule has 0 saturated heterocycles. The fraction of sp³-hybridized carbons (Fsp3) is 0.481. The molecule has 0 bridgehead atoms. The van der Waals surface area contributed by atoms with Crippen LogP contribution >= 0.6 is 15.9 Å². The number of alkyl halides is 1. The van der Waals surface area contributed by atoms with E-state index >= 15 is 0 Å².